The molecule has 1 aromatic carbocycles. The number of carboxylic acid groups (broad SMARTS) is 4. The van der Waals surface area contributed by atoms with Gasteiger partial charge in [0.05, 0.1) is 68.7 Å². The van der Waals surface area contributed by atoms with Gasteiger partial charge in [-0.3, -0.25) is 91.1 Å². The fourth-order valence-electron chi connectivity index (χ4n) is 13.0. The van der Waals surface area contributed by atoms with Crippen LogP contribution in [0.5, 0.6) is 0 Å². The van der Waals surface area contributed by atoms with E-state index in [1.54, 1.807) is 12.1 Å². The number of hydrogen-bond donors (Lipinski definition) is 14. The first kappa shape index (κ1) is 89.3. The standard InChI is InChI=1S/C72H106N12O23/c1-7-8-9-10-11-12-13-14-15-19-46(85)30-43-22-24-44(25-23-43)52(86)26-27-55(89)78-48(34-60(95)96)53(87)33-47-41(5)77-67(101)51-21-18-29-84(51)71(105)62(39(2)3)81-69(103)64(42(6)76-56(90)36-73)80-58(92)38-75-66(100)49(35-61(97)98)79-57(91)37-74-65(99)45(32-59(93)94)31-54(88)63(40(4)72(106)107)82-68(102)50-20-16-17-28-83(50)70(47)104/h22-25,39-42,45,47-51,62-64H,7-21,26-38,73H2,1-6H3,(H,74,99)(H,75,100)(H,76,90)(H,77,101)(H,78,89)(H,79,91)(H,80,92)(H,81,103)(H,82,102)(H,93,94)(H,95,96)(H,97,98)(H,106,107). The second-order valence-electron chi connectivity index (χ2n) is 28.0. The number of carboxylic acids is 4. The van der Waals surface area contributed by atoms with Crippen molar-refractivity contribution < 1.29 is 112 Å². The first-order valence-corrected chi connectivity index (χ1v) is 36.6. The lowest BCUT2D eigenvalue weighted by molar-refractivity contribution is -0.150. The number of carbonyl (C=O) groups is 19. The van der Waals surface area contributed by atoms with Gasteiger partial charge in [-0.05, 0) is 70.8 Å². The predicted molar refractivity (Wildman–Crippen MR) is 379 cm³/mol. The summed E-state index contributed by atoms with van der Waals surface area (Å²) in [5, 5.41) is 60.8. The van der Waals surface area contributed by atoms with Crippen molar-refractivity contribution in [3.63, 3.8) is 0 Å². The number of Topliss-reactive ketones (excluding diaryl/α,β-unsaturated/α-hetero) is 4. The van der Waals surface area contributed by atoms with Crippen molar-refractivity contribution >= 4 is 112 Å². The van der Waals surface area contributed by atoms with Crippen LogP contribution in [0, 0.1) is 23.7 Å². The molecule has 11 amide bonds. The fourth-order valence-corrected chi connectivity index (χ4v) is 13.0. The van der Waals surface area contributed by atoms with Crippen molar-refractivity contribution in [2.24, 2.45) is 29.4 Å². The van der Waals surface area contributed by atoms with E-state index in [1.165, 1.54) is 71.9 Å². The summed E-state index contributed by atoms with van der Waals surface area (Å²) < 4.78 is 0. The molecule has 3 fully saturated rings. The smallest absolute Gasteiger partial charge is 0.308 e. The molecular weight excluding hydrogens is 1400 g/mol. The molecule has 3 saturated heterocycles. The van der Waals surface area contributed by atoms with Crippen molar-refractivity contribution in [2.45, 2.75) is 244 Å². The predicted octanol–water partition coefficient (Wildman–Crippen LogP) is -0.356. The van der Waals surface area contributed by atoms with Crippen LogP contribution in [0.2, 0.25) is 0 Å². The average molecular weight is 1510 g/mol. The van der Waals surface area contributed by atoms with Crippen LogP contribution in [-0.4, -0.2) is 229 Å². The lowest BCUT2D eigenvalue weighted by Gasteiger charge is -2.39. The molecule has 35 nitrogen and oxygen atoms in total. The molecule has 0 aliphatic carbocycles. The second kappa shape index (κ2) is 44.8. The normalized spacial score (nSPS) is 23.1. The molecule has 0 spiro atoms. The van der Waals surface area contributed by atoms with E-state index >= 15 is 4.79 Å². The van der Waals surface area contributed by atoms with Crippen molar-refractivity contribution in [2.75, 3.05) is 32.7 Å². The van der Waals surface area contributed by atoms with Gasteiger partial charge in [0.25, 0.3) is 0 Å². The zero-order chi connectivity index (χ0) is 79.8. The Labute approximate surface area is 620 Å². The molecule has 0 bridgehead atoms. The number of ketones is 4. The summed E-state index contributed by atoms with van der Waals surface area (Å²) >= 11 is 0. The van der Waals surface area contributed by atoms with Crippen LogP contribution in [0.25, 0.3) is 0 Å². The Morgan fingerprint density at radius 1 is 0.561 bits per heavy atom. The molecule has 1 aromatic rings. The molecule has 12 atom stereocenters. The largest absolute Gasteiger partial charge is 0.481 e. The first-order chi connectivity index (χ1) is 50.6. The summed E-state index contributed by atoms with van der Waals surface area (Å²) in [4.78, 5) is 261. The third kappa shape index (κ3) is 29.6. The van der Waals surface area contributed by atoms with Gasteiger partial charge in [0, 0.05) is 63.2 Å². The number of piperidine rings is 1. The van der Waals surface area contributed by atoms with Crippen LogP contribution in [-0.2, 0) is 92.7 Å². The van der Waals surface area contributed by atoms with Crippen LogP contribution < -0.4 is 53.6 Å². The number of benzene rings is 1. The Morgan fingerprint density at radius 3 is 1.71 bits per heavy atom. The summed E-state index contributed by atoms with van der Waals surface area (Å²) in [6.45, 7) is 5.67. The SMILES string of the molecule is CCCCCCCCCCCC(=O)Cc1ccc(C(=O)CCC(=O)NC(CC(=O)O)C(=O)CC2C(=O)N3CCCCC3C(=O)NC(C(C)C(=O)O)C(=O)CC(CC(=O)O)C(=O)NCC(=O)NC(CC(=O)O)C(=O)NCC(=O)NC(C(C)NC(=O)CN)C(=O)NC(C(C)C)C(=O)N3CCCC3C(=O)NC2C)cc1. The van der Waals surface area contributed by atoms with Crippen LogP contribution in [0.15, 0.2) is 24.3 Å². The minimum Gasteiger partial charge on any atom is -0.481 e. The minimum atomic E-state index is -2.08. The highest BCUT2D eigenvalue weighted by Gasteiger charge is 2.46. The lowest BCUT2D eigenvalue weighted by atomic mass is 9.87. The number of nitrogens with zero attached hydrogens (tertiary/aromatic N) is 2. The number of rotatable bonds is 32. The van der Waals surface area contributed by atoms with Crippen molar-refractivity contribution in [3.8, 4) is 0 Å². The van der Waals surface area contributed by atoms with E-state index in [0.717, 1.165) is 42.4 Å². The zero-order valence-corrected chi connectivity index (χ0v) is 61.6. The molecule has 0 aromatic heterocycles. The van der Waals surface area contributed by atoms with Crippen LogP contribution in [0.1, 0.15) is 199 Å². The van der Waals surface area contributed by atoms with Gasteiger partial charge in [0.1, 0.15) is 42.0 Å². The number of fused-ring (bicyclic) bond motifs is 2. The number of hydrogen-bond acceptors (Lipinski definition) is 20. The number of amides is 11. The fraction of sp³-hybridized carbons (Fsp3) is 0.653. The monoisotopic (exact) mass is 1510 g/mol. The second-order valence-corrected chi connectivity index (χ2v) is 28.0. The molecule has 0 saturated carbocycles. The molecule has 4 rings (SSSR count). The quantitative estimate of drug-likeness (QED) is 0.0324. The van der Waals surface area contributed by atoms with Gasteiger partial charge in [-0.15, -0.1) is 0 Å². The zero-order valence-electron chi connectivity index (χ0n) is 61.6. The Bertz CT molecular complexity index is 3400. The number of carbonyl (C=O) groups excluding carboxylic acids is 15. The van der Waals surface area contributed by atoms with Crippen molar-refractivity contribution in [1.82, 2.24) is 57.7 Å². The van der Waals surface area contributed by atoms with Gasteiger partial charge in [0.15, 0.2) is 17.3 Å². The van der Waals surface area contributed by atoms with Crippen molar-refractivity contribution in [1.29, 1.82) is 0 Å². The Morgan fingerprint density at radius 2 is 1.12 bits per heavy atom. The van der Waals surface area contributed by atoms with E-state index in [0.29, 0.717) is 12.0 Å². The summed E-state index contributed by atoms with van der Waals surface area (Å²) in [5.74, 6) is -27.6. The van der Waals surface area contributed by atoms with Crippen LogP contribution in [0.4, 0.5) is 0 Å². The molecule has 107 heavy (non-hydrogen) atoms. The Hall–Kier alpha value is -10.1. The topological polar surface area (TPSA) is 546 Å². The molecule has 0 radical (unpaired) electrons. The number of nitrogens with two attached hydrogens (primary N) is 1. The molecule has 3 heterocycles. The molecule has 35 heteroatoms. The van der Waals surface area contributed by atoms with Gasteiger partial charge >= 0.3 is 23.9 Å². The van der Waals surface area contributed by atoms with Gasteiger partial charge < -0.3 is 83.8 Å². The number of aliphatic carboxylic acids is 4. The van der Waals surface area contributed by atoms with Gasteiger partial charge in [0.2, 0.25) is 65.0 Å². The summed E-state index contributed by atoms with van der Waals surface area (Å²) in [7, 11) is 0. The van der Waals surface area contributed by atoms with E-state index in [9.17, 15) is 107 Å². The highest BCUT2D eigenvalue weighted by atomic mass is 16.4. The molecule has 12 unspecified atom stereocenters. The third-order valence-electron chi connectivity index (χ3n) is 19.1. The van der Waals surface area contributed by atoms with Crippen LogP contribution in [0.3, 0.4) is 0 Å². The van der Waals surface area contributed by atoms with E-state index in [4.69, 9.17) is 5.73 Å². The maximum Gasteiger partial charge on any atom is 0.308 e. The van der Waals surface area contributed by atoms with Crippen LogP contribution >= 0.6 is 0 Å². The lowest BCUT2D eigenvalue weighted by Crippen LogP contribution is -2.63. The highest BCUT2D eigenvalue weighted by molar-refractivity contribution is 6.02. The molecular formula is C72H106N12O23. The maximum absolute atomic E-state index is 15.5. The highest BCUT2D eigenvalue weighted by Crippen LogP contribution is 2.28. The summed E-state index contributed by atoms with van der Waals surface area (Å²) in [6, 6.07) is -8.76. The average Bonchev–Trinajstić information content (AvgIpc) is 1.51. The van der Waals surface area contributed by atoms with E-state index in [1.807, 2.05) is 5.32 Å². The minimum absolute atomic E-state index is 0.0318. The van der Waals surface area contributed by atoms with E-state index in [-0.39, 0.29) is 63.0 Å². The molecule has 592 valence electrons. The number of nitrogens with one attached hydrogen (secondary N) is 9. The van der Waals surface area contributed by atoms with Gasteiger partial charge in [-0.2, -0.15) is 0 Å². The van der Waals surface area contributed by atoms with Crippen molar-refractivity contribution in [3.05, 3.63) is 35.4 Å². The summed E-state index contributed by atoms with van der Waals surface area (Å²) in [6.07, 6.45) is 4.43. The van der Waals surface area contributed by atoms with Gasteiger partial charge in [-0.25, -0.2) is 0 Å². The summed E-state index contributed by atoms with van der Waals surface area (Å²) in [5.41, 5.74) is 6.40. The van der Waals surface area contributed by atoms with Gasteiger partial charge in [-0.1, -0.05) is 96.4 Å². The van der Waals surface area contributed by atoms with E-state index < -0.39 is 249 Å². The number of unbranched alkanes of at least 4 members (excludes halogenated alkanes) is 8. The first-order valence-electron chi connectivity index (χ1n) is 36.6. The van der Waals surface area contributed by atoms with E-state index in [2.05, 4.69) is 49.5 Å². The Balaban J connectivity index is 1.75. The Kier molecular flexibility index (Phi) is 37.4. The molecule has 3 aliphatic heterocycles. The maximum atomic E-state index is 15.5. The third-order valence-corrected chi connectivity index (χ3v) is 19.1. The molecule has 3 aliphatic rings. The molecule has 15 N–H and O–H groups in total.